The molecule has 0 fully saturated rings. The summed E-state index contributed by atoms with van der Waals surface area (Å²) in [5.74, 6) is -0.608. The summed E-state index contributed by atoms with van der Waals surface area (Å²) >= 11 is 12.2. The molecule has 2 aromatic heterocycles. The molecular formula is C69H66Cl2N6O7S2. The van der Waals surface area contributed by atoms with Gasteiger partial charge >= 0.3 is 6.16 Å². The maximum atomic E-state index is 14.0. The van der Waals surface area contributed by atoms with Crippen LogP contribution in [0.4, 0.5) is 4.79 Å². The minimum absolute atomic E-state index is 0.0622. The monoisotopic (exact) mass is 1220 g/mol. The second-order valence-electron chi connectivity index (χ2n) is 21.2. The first-order valence-electron chi connectivity index (χ1n) is 28.5. The van der Waals surface area contributed by atoms with Crippen molar-refractivity contribution in [2.75, 3.05) is 24.7 Å². The van der Waals surface area contributed by atoms with Crippen LogP contribution in [0.3, 0.4) is 0 Å². The number of ether oxygens (including phenoxy) is 2. The van der Waals surface area contributed by atoms with Gasteiger partial charge in [-0.25, -0.2) is 41.0 Å². The van der Waals surface area contributed by atoms with Gasteiger partial charge in [-0.2, -0.15) is 0 Å². The average Bonchev–Trinajstić information content (AvgIpc) is 1.36. The van der Waals surface area contributed by atoms with Gasteiger partial charge < -0.3 is 19.4 Å². The van der Waals surface area contributed by atoms with Crippen LogP contribution in [0.1, 0.15) is 105 Å². The minimum Gasteiger partial charge on any atom is -0.434 e. The zero-order valence-corrected chi connectivity index (χ0v) is 50.3. The first-order chi connectivity index (χ1) is 41.8. The molecule has 0 bridgehead atoms. The molecule has 86 heavy (non-hydrogen) atoms. The molecule has 2 atom stereocenters. The van der Waals surface area contributed by atoms with Gasteiger partial charge in [0.05, 0.1) is 24.7 Å². The van der Waals surface area contributed by atoms with Crippen molar-refractivity contribution in [1.82, 2.24) is 29.4 Å². The quantitative estimate of drug-likeness (QED) is 0.0210. The number of H-pyrrole nitrogens is 2. The van der Waals surface area contributed by atoms with E-state index in [0.717, 1.165) is 44.5 Å². The maximum Gasteiger partial charge on any atom is 0.508 e. The highest BCUT2D eigenvalue weighted by Crippen LogP contribution is 2.46. The molecule has 2 unspecified atom stereocenters. The molecule has 440 valence electrons. The summed E-state index contributed by atoms with van der Waals surface area (Å²) < 4.78 is 72.9. The van der Waals surface area contributed by atoms with E-state index in [9.17, 15) is 21.6 Å². The van der Waals surface area contributed by atoms with E-state index in [1.165, 1.54) is 0 Å². The van der Waals surface area contributed by atoms with E-state index < -0.39 is 48.9 Å². The lowest BCUT2D eigenvalue weighted by atomic mass is 9.69. The van der Waals surface area contributed by atoms with Crippen LogP contribution in [0.2, 0.25) is 10.0 Å². The Bertz CT molecular complexity index is 3530. The fourth-order valence-corrected chi connectivity index (χ4v) is 14.3. The molecule has 8 aromatic carbocycles. The van der Waals surface area contributed by atoms with Crippen LogP contribution >= 0.6 is 23.2 Å². The maximum absolute atomic E-state index is 14.0. The fourth-order valence-electron chi connectivity index (χ4n) is 11.3. The third-order valence-electron chi connectivity index (χ3n) is 15.5. The second-order valence-corrected chi connectivity index (χ2v) is 25.7. The molecule has 17 heteroatoms. The largest absolute Gasteiger partial charge is 0.508 e. The van der Waals surface area contributed by atoms with Gasteiger partial charge in [-0.15, -0.1) is 0 Å². The Labute approximate surface area is 513 Å². The van der Waals surface area contributed by atoms with Gasteiger partial charge in [-0.3, -0.25) is 0 Å². The van der Waals surface area contributed by atoms with E-state index in [4.69, 9.17) is 42.6 Å². The summed E-state index contributed by atoms with van der Waals surface area (Å²) in [6.07, 6.45) is 3.65. The Morgan fingerprint density at radius 1 is 0.430 bits per heavy atom. The Morgan fingerprint density at radius 2 is 0.709 bits per heavy atom. The number of sulfonamides is 2. The molecule has 0 spiro atoms. The molecule has 0 saturated heterocycles. The lowest BCUT2D eigenvalue weighted by molar-refractivity contribution is 0.0525. The molecule has 10 rings (SSSR count). The highest BCUT2D eigenvalue weighted by Gasteiger charge is 2.43. The number of halogens is 2. The fraction of sp³-hybridized carbons (Fsp3) is 0.203. The first kappa shape index (κ1) is 61.0. The number of aromatic nitrogens is 4. The first-order valence-corrected chi connectivity index (χ1v) is 32.6. The van der Waals surface area contributed by atoms with Crippen molar-refractivity contribution in [2.45, 2.75) is 61.4 Å². The number of imidazole rings is 2. The molecule has 4 N–H and O–H groups in total. The number of rotatable bonds is 28. The molecule has 0 aliphatic heterocycles. The third-order valence-corrected chi connectivity index (χ3v) is 18.9. The van der Waals surface area contributed by atoms with Crippen molar-refractivity contribution >= 4 is 49.4 Å². The van der Waals surface area contributed by atoms with E-state index in [1.807, 2.05) is 109 Å². The van der Waals surface area contributed by atoms with Gasteiger partial charge in [0.15, 0.2) is 0 Å². The van der Waals surface area contributed by atoms with E-state index >= 15 is 0 Å². The van der Waals surface area contributed by atoms with Gasteiger partial charge in [0.2, 0.25) is 20.0 Å². The Morgan fingerprint density at radius 3 is 0.988 bits per heavy atom. The van der Waals surface area contributed by atoms with Crippen LogP contribution in [0, 0.1) is 0 Å². The van der Waals surface area contributed by atoms with Crippen LogP contribution < -0.4 is 9.44 Å². The van der Waals surface area contributed by atoms with Crippen molar-refractivity contribution in [1.29, 1.82) is 0 Å². The number of carbonyl (C=O) groups is 1. The second kappa shape index (κ2) is 28.4. The number of nitrogens with zero attached hydrogens (tertiary/aromatic N) is 2. The van der Waals surface area contributed by atoms with Gasteiger partial charge in [0, 0.05) is 58.8 Å². The topological polar surface area (TPSA) is 185 Å². The average molecular weight is 1230 g/mol. The normalized spacial score (nSPS) is 12.8. The zero-order chi connectivity index (χ0) is 59.8. The molecule has 10 aromatic rings. The summed E-state index contributed by atoms with van der Waals surface area (Å²) in [6.45, 7) is -0.0152. The number of aromatic amines is 2. The third kappa shape index (κ3) is 14.7. The SMILES string of the molecule is O=C(OCCCC(CS(=O)(=O)NCc1ccc(Cl)cc1)c1cnc(C(c2ccccc2)(c2ccccc2)c2ccccc2)[nH]1)OCCCC(CS(=O)(=O)NCc1ccc(Cl)cc1)c1cnc(C(c2ccccc2)(c2ccccc2)c2ccccc2)[nH]1. The van der Waals surface area contributed by atoms with Gasteiger partial charge in [-0.05, 0) is 94.5 Å². The van der Waals surface area contributed by atoms with Crippen LogP contribution in [0.25, 0.3) is 0 Å². The van der Waals surface area contributed by atoms with E-state index in [1.54, 1.807) is 60.9 Å². The minimum atomic E-state index is -3.90. The predicted molar refractivity (Wildman–Crippen MR) is 339 cm³/mol. The van der Waals surface area contributed by atoms with Crippen molar-refractivity contribution in [2.24, 2.45) is 0 Å². The van der Waals surface area contributed by atoms with Crippen molar-refractivity contribution in [3.05, 3.63) is 321 Å². The van der Waals surface area contributed by atoms with Crippen molar-refractivity contribution in [3.63, 3.8) is 0 Å². The van der Waals surface area contributed by atoms with E-state index in [0.29, 0.717) is 45.9 Å². The van der Waals surface area contributed by atoms with Crippen LogP contribution in [0.15, 0.2) is 243 Å². The highest BCUT2D eigenvalue weighted by atomic mass is 35.5. The van der Waals surface area contributed by atoms with Crippen molar-refractivity contribution < 1.29 is 31.1 Å². The Balaban J connectivity index is 0.854. The summed E-state index contributed by atoms with van der Waals surface area (Å²) in [4.78, 5) is 30.7. The number of carbonyl (C=O) groups excluding carboxylic acids is 1. The smallest absolute Gasteiger partial charge is 0.434 e. The summed E-state index contributed by atoms with van der Waals surface area (Å²) in [5.41, 5.74) is 6.64. The van der Waals surface area contributed by atoms with Gasteiger partial charge in [0.1, 0.15) is 22.5 Å². The number of hydrogen-bond donors (Lipinski definition) is 4. The molecule has 0 saturated carbocycles. The molecule has 0 radical (unpaired) electrons. The zero-order valence-electron chi connectivity index (χ0n) is 47.1. The summed E-state index contributed by atoms with van der Waals surface area (Å²) in [5, 5.41) is 1.09. The molecular weight excluding hydrogens is 1160 g/mol. The van der Waals surface area contributed by atoms with Crippen LogP contribution in [-0.2, 0) is 53.4 Å². The lowest BCUT2D eigenvalue weighted by Crippen LogP contribution is -2.32. The Hall–Kier alpha value is -8.15. The summed E-state index contributed by atoms with van der Waals surface area (Å²) in [7, 11) is -7.81. The van der Waals surface area contributed by atoms with Gasteiger partial charge in [-0.1, -0.05) is 229 Å². The van der Waals surface area contributed by atoms with Gasteiger partial charge in [0.25, 0.3) is 0 Å². The van der Waals surface area contributed by atoms with Crippen LogP contribution in [-0.4, -0.2) is 67.6 Å². The standard InChI is InChI=1S/C69H66Cl2N6O7S2/c70-61-39-35-51(36-40-61)45-74-85(79,80)49-53(63-47-72-65(76-63)68(55-23-7-1-8-24-55,56-25-9-2-10-26-56)57-27-11-3-12-28-57)21-19-43-83-67(78)84-44-20-22-54(50-86(81,82)75-46-52-37-41-62(71)42-38-52)64-48-73-66(77-64)69(58-29-13-4-14-30-58,59-31-15-5-16-32-59)60-33-17-6-18-34-60/h1-18,23-42,47-48,53-54,74-75H,19-22,43-46,49-50H2,(H,72,76)(H,73,77). The Kier molecular flexibility index (Phi) is 20.1. The highest BCUT2D eigenvalue weighted by molar-refractivity contribution is 7.89. The van der Waals surface area contributed by atoms with E-state index in [-0.39, 0.29) is 50.7 Å². The lowest BCUT2D eigenvalue weighted by Gasteiger charge is -2.34. The van der Waals surface area contributed by atoms with Crippen molar-refractivity contribution in [3.8, 4) is 0 Å². The molecule has 0 aliphatic carbocycles. The molecule has 2 heterocycles. The van der Waals surface area contributed by atoms with E-state index in [2.05, 4.69) is 92.2 Å². The number of hydrogen-bond acceptors (Lipinski definition) is 9. The molecule has 13 nitrogen and oxygen atoms in total. The molecule has 0 amide bonds. The molecule has 0 aliphatic rings. The predicted octanol–water partition coefficient (Wildman–Crippen LogP) is 14.0. The number of nitrogens with one attached hydrogen (secondary N) is 4. The summed E-state index contributed by atoms with van der Waals surface area (Å²) in [6, 6.07) is 74.4. The number of benzene rings is 8. The van der Waals surface area contributed by atoms with Crippen LogP contribution in [0.5, 0.6) is 0 Å².